The van der Waals surface area contributed by atoms with Crippen molar-refractivity contribution in [1.82, 2.24) is 0 Å². The monoisotopic (exact) mass is 383 g/mol. The van der Waals surface area contributed by atoms with Crippen LogP contribution in [0.5, 0.6) is 5.75 Å². The van der Waals surface area contributed by atoms with E-state index in [1.807, 2.05) is 24.8 Å². The molecule has 1 aliphatic rings. The van der Waals surface area contributed by atoms with Crippen LogP contribution in [-0.4, -0.2) is 30.5 Å². The highest BCUT2D eigenvalue weighted by atomic mass is 16.6. The first-order chi connectivity index (χ1) is 13.5. The zero-order valence-electron chi connectivity index (χ0n) is 16.2. The minimum Gasteiger partial charge on any atom is -0.494 e. The minimum atomic E-state index is -0.421. The van der Waals surface area contributed by atoms with E-state index >= 15 is 0 Å². The Hall–Kier alpha value is -3.09. The zero-order valence-corrected chi connectivity index (χ0v) is 16.2. The summed E-state index contributed by atoms with van der Waals surface area (Å²) in [5, 5.41) is 14.4. The van der Waals surface area contributed by atoms with Crippen molar-refractivity contribution in [3.8, 4) is 5.75 Å². The molecule has 0 unspecified atom stereocenters. The van der Waals surface area contributed by atoms with E-state index in [1.165, 1.54) is 6.07 Å². The van der Waals surface area contributed by atoms with E-state index in [4.69, 9.17) is 4.74 Å². The fraction of sp³-hybridized carbons (Fsp3) is 0.381. The lowest BCUT2D eigenvalue weighted by Crippen LogP contribution is -2.20. The first-order valence-corrected chi connectivity index (χ1v) is 9.57. The normalized spacial score (nSPS) is 13.4. The van der Waals surface area contributed by atoms with Gasteiger partial charge in [-0.2, -0.15) is 0 Å². The molecular formula is C21H25N3O4. The summed E-state index contributed by atoms with van der Waals surface area (Å²) in [5.74, 6) is 0.379. The lowest BCUT2D eigenvalue weighted by Gasteiger charge is -2.18. The molecule has 0 bridgehead atoms. The molecule has 1 heterocycles. The Morgan fingerprint density at radius 1 is 1.21 bits per heavy atom. The maximum absolute atomic E-state index is 12.7. The van der Waals surface area contributed by atoms with Gasteiger partial charge in [0.05, 0.1) is 11.5 Å². The van der Waals surface area contributed by atoms with E-state index in [0.717, 1.165) is 43.7 Å². The number of rotatable bonds is 7. The first-order valence-electron chi connectivity index (χ1n) is 9.57. The van der Waals surface area contributed by atoms with Crippen molar-refractivity contribution in [3.05, 3.63) is 57.6 Å². The standard InChI is InChI=1S/C21H25N3O4/c1-3-12-28-17-7-8-18(15(2)13-17)22-21(25)16-6-9-19(20(14-16)24(26)27)23-10-4-5-11-23/h6-9,13-14H,3-5,10-12H2,1-2H3,(H,22,25). The molecule has 7 nitrogen and oxygen atoms in total. The quantitative estimate of drug-likeness (QED) is 0.560. The molecule has 0 atom stereocenters. The molecule has 0 aromatic heterocycles. The maximum Gasteiger partial charge on any atom is 0.293 e. The van der Waals surface area contributed by atoms with Crippen molar-refractivity contribution in [1.29, 1.82) is 0 Å². The van der Waals surface area contributed by atoms with Gasteiger partial charge in [-0.05, 0) is 62.1 Å². The van der Waals surface area contributed by atoms with Crippen LogP contribution in [0.3, 0.4) is 0 Å². The molecule has 28 heavy (non-hydrogen) atoms. The lowest BCUT2D eigenvalue weighted by molar-refractivity contribution is -0.384. The Bertz CT molecular complexity index is 876. The molecule has 1 aliphatic heterocycles. The average Bonchev–Trinajstić information content (AvgIpc) is 3.22. The maximum atomic E-state index is 12.7. The number of nitro groups is 1. The van der Waals surface area contributed by atoms with Gasteiger partial charge in [0.25, 0.3) is 11.6 Å². The van der Waals surface area contributed by atoms with Gasteiger partial charge in [0.1, 0.15) is 11.4 Å². The highest BCUT2D eigenvalue weighted by Crippen LogP contribution is 2.32. The number of amides is 1. The number of nitrogens with zero attached hydrogens (tertiary/aromatic N) is 2. The summed E-state index contributed by atoms with van der Waals surface area (Å²) < 4.78 is 5.59. The van der Waals surface area contributed by atoms with Gasteiger partial charge in [-0.1, -0.05) is 6.92 Å². The van der Waals surface area contributed by atoms with Crippen LogP contribution in [0.4, 0.5) is 17.1 Å². The lowest BCUT2D eigenvalue weighted by atomic mass is 10.1. The van der Waals surface area contributed by atoms with Gasteiger partial charge in [-0.3, -0.25) is 14.9 Å². The third kappa shape index (κ3) is 4.42. The van der Waals surface area contributed by atoms with Gasteiger partial charge in [-0.25, -0.2) is 0 Å². The molecule has 0 spiro atoms. The fourth-order valence-electron chi connectivity index (χ4n) is 3.32. The molecule has 1 amide bonds. The van der Waals surface area contributed by atoms with Crippen LogP contribution in [0.1, 0.15) is 42.1 Å². The highest BCUT2D eigenvalue weighted by molar-refractivity contribution is 6.05. The van der Waals surface area contributed by atoms with Crippen LogP contribution in [0.2, 0.25) is 0 Å². The Balaban J connectivity index is 1.79. The molecule has 3 rings (SSSR count). The number of anilines is 2. The second kappa shape index (κ2) is 8.73. The Labute approximate surface area is 164 Å². The molecule has 148 valence electrons. The van der Waals surface area contributed by atoms with E-state index in [9.17, 15) is 14.9 Å². The first kappa shape index (κ1) is 19.7. The van der Waals surface area contributed by atoms with Crippen molar-refractivity contribution in [2.75, 3.05) is 29.9 Å². The molecule has 0 aliphatic carbocycles. The molecule has 2 aromatic carbocycles. The Morgan fingerprint density at radius 2 is 1.96 bits per heavy atom. The van der Waals surface area contributed by atoms with Crippen molar-refractivity contribution in [2.24, 2.45) is 0 Å². The van der Waals surface area contributed by atoms with E-state index in [-0.39, 0.29) is 17.2 Å². The number of benzene rings is 2. The molecule has 1 saturated heterocycles. The number of nitrogens with one attached hydrogen (secondary N) is 1. The second-order valence-corrected chi connectivity index (χ2v) is 6.93. The highest BCUT2D eigenvalue weighted by Gasteiger charge is 2.24. The van der Waals surface area contributed by atoms with Crippen LogP contribution < -0.4 is 15.0 Å². The summed E-state index contributed by atoms with van der Waals surface area (Å²) in [6.07, 6.45) is 2.97. The third-order valence-corrected chi connectivity index (χ3v) is 4.80. The molecule has 2 aromatic rings. The summed E-state index contributed by atoms with van der Waals surface area (Å²) in [4.78, 5) is 25.8. The zero-order chi connectivity index (χ0) is 20.1. The SMILES string of the molecule is CCCOc1ccc(NC(=O)c2ccc(N3CCCC3)c([N+](=O)[O-])c2)c(C)c1. The van der Waals surface area contributed by atoms with Crippen LogP contribution in [0, 0.1) is 17.0 Å². The van der Waals surface area contributed by atoms with Crippen LogP contribution in [0.15, 0.2) is 36.4 Å². The van der Waals surface area contributed by atoms with Gasteiger partial charge < -0.3 is 15.0 Å². The van der Waals surface area contributed by atoms with Crippen molar-refractivity contribution >= 4 is 23.0 Å². The van der Waals surface area contributed by atoms with Gasteiger partial charge in [0.15, 0.2) is 0 Å². The van der Waals surface area contributed by atoms with E-state index in [0.29, 0.717) is 18.0 Å². The number of ether oxygens (including phenoxy) is 1. The topological polar surface area (TPSA) is 84.7 Å². The van der Waals surface area contributed by atoms with Crippen molar-refractivity contribution in [3.63, 3.8) is 0 Å². The smallest absolute Gasteiger partial charge is 0.293 e. The Morgan fingerprint density at radius 3 is 2.61 bits per heavy atom. The molecule has 7 heteroatoms. The number of hydrogen-bond donors (Lipinski definition) is 1. The second-order valence-electron chi connectivity index (χ2n) is 6.93. The number of carbonyl (C=O) groups is 1. The summed E-state index contributed by atoms with van der Waals surface area (Å²) in [6.45, 7) is 6.16. The van der Waals surface area contributed by atoms with E-state index in [1.54, 1.807) is 24.3 Å². The average molecular weight is 383 g/mol. The summed E-state index contributed by atoms with van der Waals surface area (Å²) in [5.41, 5.74) is 2.33. The van der Waals surface area contributed by atoms with Gasteiger partial charge in [-0.15, -0.1) is 0 Å². The van der Waals surface area contributed by atoms with Crippen molar-refractivity contribution < 1.29 is 14.5 Å². The van der Waals surface area contributed by atoms with Crippen molar-refractivity contribution in [2.45, 2.75) is 33.1 Å². The summed E-state index contributed by atoms with van der Waals surface area (Å²) >= 11 is 0. The molecule has 0 saturated carbocycles. The van der Waals surface area contributed by atoms with Gasteiger partial charge >= 0.3 is 0 Å². The van der Waals surface area contributed by atoms with Gasteiger partial charge in [0.2, 0.25) is 0 Å². The van der Waals surface area contributed by atoms with E-state index in [2.05, 4.69) is 5.32 Å². The predicted molar refractivity (Wildman–Crippen MR) is 109 cm³/mol. The molecule has 0 radical (unpaired) electrons. The minimum absolute atomic E-state index is 0.0328. The number of nitro benzene ring substituents is 1. The van der Waals surface area contributed by atoms with Crippen LogP contribution in [-0.2, 0) is 0 Å². The number of carbonyl (C=O) groups excluding carboxylic acids is 1. The van der Waals surface area contributed by atoms with Crippen LogP contribution >= 0.6 is 0 Å². The largest absolute Gasteiger partial charge is 0.494 e. The molecular weight excluding hydrogens is 358 g/mol. The predicted octanol–water partition coefficient (Wildman–Crippen LogP) is 4.54. The Kier molecular flexibility index (Phi) is 6.13. The van der Waals surface area contributed by atoms with Gasteiger partial charge in [0, 0.05) is 30.4 Å². The number of hydrogen-bond acceptors (Lipinski definition) is 5. The molecule has 1 N–H and O–H groups in total. The summed E-state index contributed by atoms with van der Waals surface area (Å²) in [7, 11) is 0. The number of aryl methyl sites for hydroxylation is 1. The third-order valence-electron chi connectivity index (χ3n) is 4.80. The van der Waals surface area contributed by atoms with E-state index < -0.39 is 4.92 Å². The fourth-order valence-corrected chi connectivity index (χ4v) is 3.32. The molecule has 1 fully saturated rings. The van der Waals surface area contributed by atoms with Crippen LogP contribution in [0.25, 0.3) is 0 Å². The summed E-state index contributed by atoms with van der Waals surface area (Å²) in [6, 6.07) is 10.1.